The van der Waals surface area contributed by atoms with Gasteiger partial charge >= 0.3 is 0 Å². The fraction of sp³-hybridized carbons (Fsp3) is 0.474. The van der Waals surface area contributed by atoms with Gasteiger partial charge in [-0.2, -0.15) is 0 Å². The fourth-order valence-corrected chi connectivity index (χ4v) is 3.11. The van der Waals surface area contributed by atoms with E-state index in [9.17, 15) is 4.39 Å². The van der Waals surface area contributed by atoms with Crippen LogP contribution in [0.3, 0.4) is 0 Å². The van der Waals surface area contributed by atoms with E-state index in [0.717, 1.165) is 57.2 Å². The minimum atomic E-state index is -0.173. The molecule has 0 radical (unpaired) electrons. The Balaban J connectivity index is 1.51. The summed E-state index contributed by atoms with van der Waals surface area (Å²) in [5.41, 5.74) is 2.32. The van der Waals surface area contributed by atoms with Crippen LogP contribution in [0, 0.1) is 5.82 Å². The average Bonchev–Trinajstić information content (AvgIpc) is 2.83. The zero-order chi connectivity index (χ0) is 17.6. The molecule has 1 aliphatic rings. The zero-order valence-corrected chi connectivity index (χ0v) is 15.0. The molecule has 2 aromatic rings. The van der Waals surface area contributed by atoms with Gasteiger partial charge in [-0.3, -0.25) is 9.80 Å². The van der Waals surface area contributed by atoms with Gasteiger partial charge in [-0.1, -0.05) is 12.1 Å². The van der Waals surface area contributed by atoms with Gasteiger partial charge in [0.15, 0.2) is 0 Å². The van der Waals surface area contributed by atoms with E-state index >= 15 is 0 Å². The quantitative estimate of drug-likeness (QED) is 0.833. The van der Waals surface area contributed by atoms with Crippen molar-refractivity contribution in [1.29, 1.82) is 0 Å². The van der Waals surface area contributed by atoms with Gasteiger partial charge in [-0.15, -0.1) is 0 Å². The molecule has 0 saturated carbocycles. The molecule has 6 heteroatoms. The Bertz CT molecular complexity index is 657. The van der Waals surface area contributed by atoms with Crippen molar-refractivity contribution in [3.8, 4) is 0 Å². The molecular formula is C19H26FN5. The van der Waals surface area contributed by atoms with Crippen molar-refractivity contribution in [3.63, 3.8) is 0 Å². The first-order valence-corrected chi connectivity index (χ1v) is 8.77. The lowest BCUT2D eigenvalue weighted by Crippen LogP contribution is -2.30. The van der Waals surface area contributed by atoms with Crippen LogP contribution in [0.5, 0.6) is 0 Å². The average molecular weight is 343 g/mol. The standard InChI is InChI=1S/C19H26FN5/c1-23(2)19-21-12-17(13-22-19)15-25-9-3-8-24(10-11-25)14-16-4-6-18(20)7-5-16/h4-7,12-13H,3,8-11,14-15H2,1-2H3. The Morgan fingerprint density at radius 1 is 0.880 bits per heavy atom. The minimum Gasteiger partial charge on any atom is -0.347 e. The molecule has 1 aliphatic heterocycles. The molecule has 3 rings (SSSR count). The van der Waals surface area contributed by atoms with E-state index in [0.29, 0.717) is 0 Å². The highest BCUT2D eigenvalue weighted by molar-refractivity contribution is 5.26. The third-order valence-electron chi connectivity index (χ3n) is 4.50. The van der Waals surface area contributed by atoms with E-state index in [1.54, 1.807) is 0 Å². The number of hydrogen-bond donors (Lipinski definition) is 0. The highest BCUT2D eigenvalue weighted by Crippen LogP contribution is 2.12. The van der Waals surface area contributed by atoms with Gasteiger partial charge in [-0.05, 0) is 37.2 Å². The third kappa shape index (κ3) is 5.21. The summed E-state index contributed by atoms with van der Waals surface area (Å²) < 4.78 is 13.0. The first kappa shape index (κ1) is 17.8. The zero-order valence-electron chi connectivity index (χ0n) is 15.0. The smallest absolute Gasteiger partial charge is 0.224 e. The van der Waals surface area contributed by atoms with Crippen molar-refractivity contribution in [2.24, 2.45) is 0 Å². The molecule has 0 aliphatic carbocycles. The largest absolute Gasteiger partial charge is 0.347 e. The van der Waals surface area contributed by atoms with Gasteiger partial charge in [-0.25, -0.2) is 14.4 Å². The number of benzene rings is 1. The van der Waals surface area contributed by atoms with Crippen molar-refractivity contribution in [2.45, 2.75) is 19.5 Å². The molecule has 1 fully saturated rings. The Labute approximate surface area is 149 Å². The van der Waals surface area contributed by atoms with Crippen LogP contribution in [0.25, 0.3) is 0 Å². The van der Waals surface area contributed by atoms with Gasteiger partial charge in [0.05, 0.1) is 0 Å². The Kier molecular flexibility index (Phi) is 5.94. The number of nitrogens with zero attached hydrogens (tertiary/aromatic N) is 5. The Morgan fingerprint density at radius 2 is 1.44 bits per heavy atom. The lowest BCUT2D eigenvalue weighted by atomic mass is 10.2. The number of rotatable bonds is 5. The first-order chi connectivity index (χ1) is 12.1. The van der Waals surface area contributed by atoms with E-state index in [2.05, 4.69) is 19.8 Å². The second-order valence-corrected chi connectivity index (χ2v) is 6.82. The first-order valence-electron chi connectivity index (χ1n) is 8.77. The van der Waals surface area contributed by atoms with Crippen LogP contribution < -0.4 is 4.90 Å². The van der Waals surface area contributed by atoms with Crippen molar-refractivity contribution in [3.05, 3.63) is 53.6 Å². The predicted octanol–water partition coefficient (Wildman–Crippen LogP) is 2.39. The van der Waals surface area contributed by atoms with Gasteiger partial charge in [0.1, 0.15) is 5.82 Å². The summed E-state index contributed by atoms with van der Waals surface area (Å²) in [4.78, 5) is 15.6. The number of hydrogen-bond acceptors (Lipinski definition) is 5. The van der Waals surface area contributed by atoms with E-state index in [4.69, 9.17) is 0 Å². The van der Waals surface area contributed by atoms with E-state index in [1.807, 2.05) is 43.5 Å². The molecule has 0 spiro atoms. The molecule has 1 aromatic heterocycles. The number of aromatic nitrogens is 2. The third-order valence-corrected chi connectivity index (χ3v) is 4.50. The summed E-state index contributed by atoms with van der Waals surface area (Å²) in [7, 11) is 3.89. The van der Waals surface area contributed by atoms with Crippen molar-refractivity contribution < 1.29 is 4.39 Å². The molecule has 0 N–H and O–H groups in total. The number of halogens is 1. The molecule has 1 saturated heterocycles. The van der Waals surface area contributed by atoms with Crippen molar-refractivity contribution in [2.75, 3.05) is 45.2 Å². The Hall–Kier alpha value is -2.05. The van der Waals surface area contributed by atoms with Gasteiger partial charge in [0.25, 0.3) is 0 Å². The minimum absolute atomic E-state index is 0.173. The second-order valence-electron chi connectivity index (χ2n) is 6.82. The van der Waals surface area contributed by atoms with Crippen LogP contribution in [-0.4, -0.2) is 60.0 Å². The summed E-state index contributed by atoms with van der Waals surface area (Å²) in [6.07, 6.45) is 4.98. The van der Waals surface area contributed by atoms with Crippen LogP contribution >= 0.6 is 0 Å². The van der Waals surface area contributed by atoms with Gasteiger partial charge < -0.3 is 4.90 Å². The van der Waals surface area contributed by atoms with E-state index in [1.165, 1.54) is 17.7 Å². The maximum atomic E-state index is 13.0. The summed E-state index contributed by atoms with van der Waals surface area (Å²) in [5, 5.41) is 0. The molecular weight excluding hydrogens is 317 g/mol. The van der Waals surface area contributed by atoms with E-state index < -0.39 is 0 Å². The highest BCUT2D eigenvalue weighted by atomic mass is 19.1. The monoisotopic (exact) mass is 343 g/mol. The Morgan fingerprint density at radius 3 is 2.00 bits per heavy atom. The molecule has 5 nitrogen and oxygen atoms in total. The van der Waals surface area contributed by atoms with E-state index in [-0.39, 0.29) is 5.82 Å². The molecule has 25 heavy (non-hydrogen) atoms. The maximum Gasteiger partial charge on any atom is 0.224 e. The molecule has 134 valence electrons. The lowest BCUT2D eigenvalue weighted by molar-refractivity contribution is 0.247. The van der Waals surface area contributed by atoms with Gasteiger partial charge in [0.2, 0.25) is 5.95 Å². The van der Waals surface area contributed by atoms with Crippen molar-refractivity contribution in [1.82, 2.24) is 19.8 Å². The molecule has 2 heterocycles. The van der Waals surface area contributed by atoms with Crippen LogP contribution in [0.2, 0.25) is 0 Å². The predicted molar refractivity (Wildman–Crippen MR) is 97.9 cm³/mol. The van der Waals surface area contributed by atoms with Crippen LogP contribution in [-0.2, 0) is 13.1 Å². The SMILES string of the molecule is CN(C)c1ncc(CN2CCCN(Cc3ccc(F)cc3)CC2)cn1. The van der Waals surface area contributed by atoms with Crippen molar-refractivity contribution >= 4 is 5.95 Å². The fourth-order valence-electron chi connectivity index (χ4n) is 3.11. The topological polar surface area (TPSA) is 35.5 Å². The normalized spacial score (nSPS) is 16.6. The highest BCUT2D eigenvalue weighted by Gasteiger charge is 2.15. The maximum absolute atomic E-state index is 13.0. The molecule has 0 atom stereocenters. The molecule has 0 bridgehead atoms. The summed E-state index contributed by atoms with van der Waals surface area (Å²) in [6.45, 7) is 5.97. The molecule has 0 unspecified atom stereocenters. The van der Waals surface area contributed by atoms with Crippen LogP contribution in [0.15, 0.2) is 36.7 Å². The summed E-state index contributed by atoms with van der Waals surface area (Å²) in [5.74, 6) is 0.568. The summed E-state index contributed by atoms with van der Waals surface area (Å²) >= 11 is 0. The second kappa shape index (κ2) is 8.36. The summed E-state index contributed by atoms with van der Waals surface area (Å²) in [6, 6.07) is 6.83. The van der Waals surface area contributed by atoms with Crippen LogP contribution in [0.4, 0.5) is 10.3 Å². The number of anilines is 1. The molecule has 1 aromatic carbocycles. The molecule has 0 amide bonds. The van der Waals surface area contributed by atoms with Gasteiger partial charge in [0, 0.05) is 58.2 Å². The lowest BCUT2D eigenvalue weighted by Gasteiger charge is -2.22. The van der Waals surface area contributed by atoms with Crippen LogP contribution in [0.1, 0.15) is 17.5 Å².